The molecule has 2 aromatic carbocycles. The molecule has 1 N–H and O–H groups in total. The number of ketones is 1. The van der Waals surface area contributed by atoms with Crippen molar-refractivity contribution in [1.29, 1.82) is 0 Å². The zero-order valence-electron chi connectivity index (χ0n) is 17.2. The van der Waals surface area contributed by atoms with E-state index in [1.807, 2.05) is 69.3 Å². The van der Waals surface area contributed by atoms with Crippen molar-refractivity contribution >= 4 is 11.7 Å². The summed E-state index contributed by atoms with van der Waals surface area (Å²) in [6, 6.07) is 16.1. The molecule has 0 radical (unpaired) electrons. The van der Waals surface area contributed by atoms with E-state index in [-0.39, 0.29) is 29.6 Å². The maximum Gasteiger partial charge on any atom is 0.225 e. The average Bonchev–Trinajstić information content (AvgIpc) is 2.67. The molecule has 0 aromatic heterocycles. The summed E-state index contributed by atoms with van der Waals surface area (Å²) >= 11 is 0. The fraction of sp³-hybridized carbons (Fsp3) is 0.360. The molecule has 0 bridgehead atoms. The maximum atomic E-state index is 13.1. The highest BCUT2D eigenvalue weighted by Gasteiger charge is 2.38. The number of hydrogen-bond acceptors (Lipinski definition) is 3. The number of carbonyl (C=O) groups excluding carboxylic acids is 2. The Morgan fingerprint density at radius 2 is 1.55 bits per heavy atom. The topological polar surface area (TPSA) is 55.4 Å². The Morgan fingerprint density at radius 1 is 0.897 bits per heavy atom. The first-order valence-electron chi connectivity index (χ1n) is 10.3. The molecule has 2 unspecified atom stereocenters. The van der Waals surface area contributed by atoms with Crippen LogP contribution in [0.4, 0.5) is 0 Å². The van der Waals surface area contributed by atoms with E-state index in [9.17, 15) is 9.59 Å². The summed E-state index contributed by atoms with van der Waals surface area (Å²) in [6.07, 6.45) is 1.61. The van der Waals surface area contributed by atoms with E-state index < -0.39 is 0 Å². The van der Waals surface area contributed by atoms with Crippen molar-refractivity contribution in [2.24, 2.45) is 0 Å². The van der Waals surface area contributed by atoms with Crippen molar-refractivity contribution in [3.8, 4) is 5.75 Å². The molecule has 2 atom stereocenters. The summed E-state index contributed by atoms with van der Waals surface area (Å²) < 4.78 is 5.72. The number of aryl methyl sites for hydroxylation is 1. The molecule has 0 spiro atoms. The molecular formula is C25H27NO3. The predicted molar refractivity (Wildman–Crippen MR) is 113 cm³/mol. The molecule has 0 saturated heterocycles. The second kappa shape index (κ2) is 7.86. The smallest absolute Gasteiger partial charge is 0.225 e. The normalized spacial score (nSPS) is 21.8. The Morgan fingerprint density at radius 3 is 2.21 bits per heavy atom. The van der Waals surface area contributed by atoms with E-state index >= 15 is 0 Å². The van der Waals surface area contributed by atoms with Gasteiger partial charge in [0.25, 0.3) is 0 Å². The van der Waals surface area contributed by atoms with E-state index in [0.29, 0.717) is 19.3 Å². The molecule has 1 heterocycles. The van der Waals surface area contributed by atoms with Crippen LogP contribution in [0.2, 0.25) is 0 Å². The summed E-state index contributed by atoms with van der Waals surface area (Å²) in [6.45, 7) is 6.03. The molecule has 1 aliphatic carbocycles. The van der Waals surface area contributed by atoms with Gasteiger partial charge < -0.3 is 10.1 Å². The van der Waals surface area contributed by atoms with Crippen molar-refractivity contribution in [1.82, 2.24) is 5.32 Å². The minimum atomic E-state index is -0.144. The Kier molecular flexibility index (Phi) is 5.27. The summed E-state index contributed by atoms with van der Waals surface area (Å²) in [4.78, 5) is 25.5. The van der Waals surface area contributed by atoms with E-state index in [1.165, 1.54) is 5.56 Å². The van der Waals surface area contributed by atoms with Gasteiger partial charge in [0.15, 0.2) is 5.78 Å². The first-order valence-corrected chi connectivity index (χ1v) is 10.3. The number of nitrogens with one attached hydrogen (secondary N) is 1. The quantitative estimate of drug-likeness (QED) is 0.818. The molecule has 2 aromatic rings. The van der Waals surface area contributed by atoms with Crippen molar-refractivity contribution in [2.45, 2.75) is 58.0 Å². The van der Waals surface area contributed by atoms with Gasteiger partial charge in [0.05, 0.1) is 6.10 Å². The second-order valence-electron chi connectivity index (χ2n) is 8.37. The van der Waals surface area contributed by atoms with Gasteiger partial charge >= 0.3 is 0 Å². The zero-order valence-corrected chi connectivity index (χ0v) is 17.2. The van der Waals surface area contributed by atoms with Gasteiger partial charge in [-0.25, -0.2) is 0 Å². The lowest BCUT2D eigenvalue weighted by Gasteiger charge is -2.34. The third kappa shape index (κ3) is 4.12. The third-order valence-corrected chi connectivity index (χ3v) is 5.74. The van der Waals surface area contributed by atoms with Crippen molar-refractivity contribution < 1.29 is 14.3 Å². The summed E-state index contributed by atoms with van der Waals surface area (Å²) in [7, 11) is 0. The molecule has 1 amide bonds. The van der Waals surface area contributed by atoms with Crippen LogP contribution in [0.5, 0.6) is 5.75 Å². The average molecular weight is 389 g/mol. The number of carbonyl (C=O) groups is 2. The van der Waals surface area contributed by atoms with Gasteiger partial charge in [0.1, 0.15) is 5.75 Å². The van der Waals surface area contributed by atoms with Gasteiger partial charge in [0, 0.05) is 30.0 Å². The molecule has 0 saturated carbocycles. The Balaban J connectivity index is 1.61. The highest BCUT2D eigenvalue weighted by atomic mass is 16.5. The summed E-state index contributed by atoms with van der Waals surface area (Å²) in [5.74, 6) is 0.894. The van der Waals surface area contributed by atoms with Crippen LogP contribution in [0.25, 0.3) is 0 Å². The van der Waals surface area contributed by atoms with Crippen LogP contribution < -0.4 is 10.1 Å². The van der Waals surface area contributed by atoms with Crippen molar-refractivity contribution in [3.63, 3.8) is 0 Å². The van der Waals surface area contributed by atoms with Gasteiger partial charge in [-0.15, -0.1) is 0 Å². The third-order valence-electron chi connectivity index (χ3n) is 5.74. The minimum absolute atomic E-state index is 0.0107. The molecule has 1 aliphatic heterocycles. The zero-order chi connectivity index (χ0) is 20.5. The fourth-order valence-corrected chi connectivity index (χ4v) is 4.37. The summed E-state index contributed by atoms with van der Waals surface area (Å²) in [5.41, 5.74) is 4.91. The Bertz CT molecular complexity index is 955. The number of amides is 1. The monoisotopic (exact) mass is 389 g/mol. The molecule has 4 rings (SSSR count). The number of rotatable bonds is 4. The SMILES string of the molecule is Cc1ccc(C2CC(=O)NC3=C2C(=O)CC(c2ccc(OC(C)C)cc2)C3)cc1. The molecule has 4 nitrogen and oxygen atoms in total. The van der Waals surface area contributed by atoms with Crippen LogP contribution in [0.3, 0.4) is 0 Å². The molecule has 29 heavy (non-hydrogen) atoms. The lowest BCUT2D eigenvalue weighted by molar-refractivity contribution is -0.122. The van der Waals surface area contributed by atoms with Crippen LogP contribution >= 0.6 is 0 Å². The van der Waals surface area contributed by atoms with E-state index in [4.69, 9.17) is 4.74 Å². The lowest BCUT2D eigenvalue weighted by atomic mass is 9.73. The van der Waals surface area contributed by atoms with Gasteiger partial charge in [-0.1, -0.05) is 42.0 Å². The van der Waals surface area contributed by atoms with Crippen molar-refractivity contribution in [3.05, 3.63) is 76.5 Å². The number of ether oxygens (including phenoxy) is 1. The van der Waals surface area contributed by atoms with Gasteiger partial charge in [-0.2, -0.15) is 0 Å². The van der Waals surface area contributed by atoms with E-state index in [1.54, 1.807) is 0 Å². The number of hydrogen-bond donors (Lipinski definition) is 1. The van der Waals surface area contributed by atoms with Gasteiger partial charge in [-0.05, 0) is 56.4 Å². The van der Waals surface area contributed by atoms with E-state index in [0.717, 1.165) is 28.1 Å². The lowest BCUT2D eigenvalue weighted by Crippen LogP contribution is -2.38. The standard InChI is InChI=1S/C25H27NO3/c1-15(2)29-20-10-8-17(9-11-20)19-12-22-25(23(27)13-19)21(14-24(28)26-22)18-6-4-16(3)5-7-18/h4-11,15,19,21H,12-14H2,1-3H3,(H,26,28). The van der Waals surface area contributed by atoms with Crippen LogP contribution in [0.15, 0.2) is 59.8 Å². The van der Waals surface area contributed by atoms with E-state index in [2.05, 4.69) is 5.32 Å². The first-order chi connectivity index (χ1) is 13.9. The second-order valence-corrected chi connectivity index (χ2v) is 8.37. The summed E-state index contributed by atoms with van der Waals surface area (Å²) in [5, 5.41) is 2.99. The Hall–Kier alpha value is -2.88. The molecule has 0 fully saturated rings. The molecule has 150 valence electrons. The highest BCUT2D eigenvalue weighted by Crippen LogP contribution is 2.42. The van der Waals surface area contributed by atoms with Crippen LogP contribution in [-0.4, -0.2) is 17.8 Å². The number of benzene rings is 2. The highest BCUT2D eigenvalue weighted by molar-refractivity contribution is 6.02. The Labute approximate surface area is 172 Å². The molecular weight excluding hydrogens is 362 g/mol. The van der Waals surface area contributed by atoms with Gasteiger partial charge in [0.2, 0.25) is 5.91 Å². The number of allylic oxidation sites excluding steroid dienone is 2. The predicted octanol–water partition coefficient (Wildman–Crippen LogP) is 4.79. The van der Waals surface area contributed by atoms with Crippen LogP contribution in [0, 0.1) is 6.92 Å². The maximum absolute atomic E-state index is 13.1. The number of Topliss-reactive ketones (excluding diaryl/α,β-unsaturated/α-hetero) is 1. The fourth-order valence-electron chi connectivity index (χ4n) is 4.37. The van der Waals surface area contributed by atoms with Gasteiger partial charge in [-0.3, -0.25) is 9.59 Å². The van der Waals surface area contributed by atoms with Crippen LogP contribution in [0.1, 0.15) is 61.6 Å². The van der Waals surface area contributed by atoms with Crippen molar-refractivity contribution in [2.75, 3.05) is 0 Å². The first kappa shape index (κ1) is 19.4. The minimum Gasteiger partial charge on any atom is -0.491 e. The largest absolute Gasteiger partial charge is 0.491 e. The molecule has 4 heteroatoms. The molecule has 2 aliphatic rings. The van der Waals surface area contributed by atoms with Crippen LogP contribution in [-0.2, 0) is 9.59 Å².